The van der Waals surface area contributed by atoms with Crippen LogP contribution in [0.15, 0.2) is 17.5 Å². The van der Waals surface area contributed by atoms with Crippen molar-refractivity contribution in [3.05, 3.63) is 22.4 Å². The average molecular weight is 268 g/mol. The van der Waals surface area contributed by atoms with Crippen molar-refractivity contribution in [2.75, 3.05) is 13.1 Å². The van der Waals surface area contributed by atoms with Crippen LogP contribution in [-0.4, -0.2) is 24.0 Å². The largest absolute Gasteiger partial charge is 0.328 e. The summed E-state index contributed by atoms with van der Waals surface area (Å²) in [6.45, 7) is 10.1. The van der Waals surface area contributed by atoms with E-state index >= 15 is 0 Å². The molecular weight excluding hydrogens is 240 g/mol. The molecule has 2 atom stereocenters. The van der Waals surface area contributed by atoms with Crippen molar-refractivity contribution in [2.45, 2.75) is 52.6 Å². The highest BCUT2D eigenvalue weighted by Gasteiger charge is 2.10. The number of nitrogens with two attached hydrogens (primary N) is 1. The molecule has 18 heavy (non-hydrogen) atoms. The molecule has 3 heteroatoms. The Balaban J connectivity index is 2.24. The molecule has 0 bridgehead atoms. The maximum atomic E-state index is 5.79. The Kier molecular flexibility index (Phi) is 7.56. The lowest BCUT2D eigenvalue weighted by atomic mass is 10.0. The maximum Gasteiger partial charge on any atom is 0.0327 e. The lowest BCUT2D eigenvalue weighted by Crippen LogP contribution is -2.28. The number of nitrogens with zero attached hydrogens (tertiary/aromatic N) is 1. The quantitative estimate of drug-likeness (QED) is 0.739. The first-order chi connectivity index (χ1) is 8.61. The summed E-state index contributed by atoms with van der Waals surface area (Å²) in [4.78, 5) is 4.02. The number of thiophene rings is 1. The summed E-state index contributed by atoms with van der Waals surface area (Å²) in [5.74, 6) is 0.767. The molecule has 1 rings (SSSR count). The van der Waals surface area contributed by atoms with Crippen molar-refractivity contribution in [3.8, 4) is 0 Å². The lowest BCUT2D eigenvalue weighted by Gasteiger charge is -2.24. The van der Waals surface area contributed by atoms with Gasteiger partial charge in [0.25, 0.3) is 0 Å². The van der Waals surface area contributed by atoms with Crippen LogP contribution in [0.25, 0.3) is 0 Å². The predicted molar refractivity (Wildman–Crippen MR) is 81.9 cm³/mol. The molecule has 0 saturated carbocycles. The van der Waals surface area contributed by atoms with E-state index in [1.54, 1.807) is 0 Å². The highest BCUT2D eigenvalue weighted by molar-refractivity contribution is 7.09. The highest BCUT2D eigenvalue weighted by atomic mass is 32.1. The van der Waals surface area contributed by atoms with E-state index in [0.29, 0.717) is 6.04 Å². The van der Waals surface area contributed by atoms with Crippen LogP contribution in [-0.2, 0) is 6.54 Å². The third kappa shape index (κ3) is 6.53. The van der Waals surface area contributed by atoms with E-state index in [2.05, 4.69) is 43.2 Å². The molecule has 0 saturated heterocycles. The molecule has 0 aliphatic rings. The SMILES string of the molecule is CCN(Cc1cccs1)CC(C)CCCC(C)N. The van der Waals surface area contributed by atoms with Gasteiger partial charge in [-0.25, -0.2) is 0 Å². The van der Waals surface area contributed by atoms with Crippen molar-refractivity contribution >= 4 is 11.3 Å². The number of hydrogen-bond acceptors (Lipinski definition) is 3. The fourth-order valence-electron chi connectivity index (χ4n) is 2.25. The molecule has 0 radical (unpaired) electrons. The summed E-state index contributed by atoms with van der Waals surface area (Å²) in [6.07, 6.45) is 3.71. The van der Waals surface area contributed by atoms with Crippen molar-refractivity contribution in [1.29, 1.82) is 0 Å². The van der Waals surface area contributed by atoms with Crippen LogP contribution in [0.2, 0.25) is 0 Å². The van der Waals surface area contributed by atoms with Crippen LogP contribution in [0.5, 0.6) is 0 Å². The molecule has 0 amide bonds. The van der Waals surface area contributed by atoms with Crippen LogP contribution >= 0.6 is 11.3 Å². The predicted octanol–water partition coefficient (Wildman–Crippen LogP) is 3.72. The van der Waals surface area contributed by atoms with Gasteiger partial charge in [0.05, 0.1) is 0 Å². The summed E-state index contributed by atoms with van der Waals surface area (Å²) < 4.78 is 0. The Hall–Kier alpha value is -0.380. The molecule has 2 nitrogen and oxygen atoms in total. The van der Waals surface area contributed by atoms with Crippen LogP contribution in [0.4, 0.5) is 0 Å². The summed E-state index contributed by atoms with van der Waals surface area (Å²) in [6, 6.07) is 4.72. The second kappa shape index (κ2) is 8.68. The van der Waals surface area contributed by atoms with E-state index in [1.165, 1.54) is 24.3 Å². The standard InChI is InChI=1S/C15H28N2S/c1-4-17(12-15-9-6-10-18-15)11-13(2)7-5-8-14(3)16/h6,9-10,13-14H,4-5,7-8,11-12,16H2,1-3H3. The third-order valence-corrected chi connectivity index (χ3v) is 4.19. The van der Waals surface area contributed by atoms with E-state index in [9.17, 15) is 0 Å². The monoisotopic (exact) mass is 268 g/mol. The molecule has 0 aliphatic heterocycles. The summed E-state index contributed by atoms with van der Waals surface area (Å²) in [7, 11) is 0. The first-order valence-electron chi connectivity index (χ1n) is 7.12. The highest BCUT2D eigenvalue weighted by Crippen LogP contribution is 2.15. The third-order valence-electron chi connectivity index (χ3n) is 3.33. The minimum atomic E-state index is 0.352. The van der Waals surface area contributed by atoms with Gasteiger partial charge in [-0.05, 0) is 43.7 Å². The molecule has 0 aromatic carbocycles. The van der Waals surface area contributed by atoms with E-state index in [-0.39, 0.29) is 0 Å². The van der Waals surface area contributed by atoms with E-state index in [4.69, 9.17) is 5.73 Å². The Morgan fingerprint density at radius 2 is 2.11 bits per heavy atom. The molecule has 1 aromatic heterocycles. The van der Waals surface area contributed by atoms with E-state index in [0.717, 1.165) is 25.4 Å². The minimum absolute atomic E-state index is 0.352. The molecule has 1 heterocycles. The van der Waals surface area contributed by atoms with Crippen molar-refractivity contribution in [2.24, 2.45) is 11.7 Å². The minimum Gasteiger partial charge on any atom is -0.328 e. The zero-order chi connectivity index (χ0) is 13.4. The Morgan fingerprint density at radius 3 is 2.67 bits per heavy atom. The van der Waals surface area contributed by atoms with Gasteiger partial charge in [-0.15, -0.1) is 11.3 Å². The maximum absolute atomic E-state index is 5.79. The summed E-state index contributed by atoms with van der Waals surface area (Å²) >= 11 is 1.86. The first kappa shape index (κ1) is 15.7. The van der Waals surface area contributed by atoms with Gasteiger partial charge in [0.15, 0.2) is 0 Å². The number of hydrogen-bond donors (Lipinski definition) is 1. The van der Waals surface area contributed by atoms with Gasteiger partial charge in [0.1, 0.15) is 0 Å². The smallest absolute Gasteiger partial charge is 0.0327 e. The Bertz CT molecular complexity index is 295. The van der Waals surface area contributed by atoms with Crippen LogP contribution in [0.1, 0.15) is 44.9 Å². The Morgan fingerprint density at radius 1 is 1.33 bits per heavy atom. The van der Waals surface area contributed by atoms with Crippen LogP contribution in [0, 0.1) is 5.92 Å². The Labute approximate surface area is 116 Å². The fraction of sp³-hybridized carbons (Fsp3) is 0.733. The molecule has 104 valence electrons. The van der Waals surface area contributed by atoms with Crippen molar-refractivity contribution in [1.82, 2.24) is 4.90 Å². The van der Waals surface area contributed by atoms with Gasteiger partial charge in [-0.1, -0.05) is 26.3 Å². The molecule has 1 aromatic rings. The van der Waals surface area contributed by atoms with Crippen molar-refractivity contribution < 1.29 is 0 Å². The second-order valence-electron chi connectivity index (χ2n) is 5.42. The fourth-order valence-corrected chi connectivity index (χ4v) is 2.99. The summed E-state index contributed by atoms with van der Waals surface area (Å²) in [5, 5.41) is 2.16. The number of rotatable bonds is 9. The molecule has 0 spiro atoms. The van der Waals surface area contributed by atoms with Crippen LogP contribution in [0.3, 0.4) is 0 Å². The van der Waals surface area contributed by atoms with Gasteiger partial charge < -0.3 is 5.73 Å². The van der Waals surface area contributed by atoms with Gasteiger partial charge in [0.2, 0.25) is 0 Å². The average Bonchev–Trinajstić information content (AvgIpc) is 2.80. The first-order valence-corrected chi connectivity index (χ1v) is 8.00. The lowest BCUT2D eigenvalue weighted by molar-refractivity contribution is 0.234. The second-order valence-corrected chi connectivity index (χ2v) is 6.45. The van der Waals surface area contributed by atoms with Crippen LogP contribution < -0.4 is 5.73 Å². The molecule has 0 aliphatic carbocycles. The van der Waals surface area contributed by atoms with E-state index < -0.39 is 0 Å². The zero-order valence-corrected chi connectivity index (χ0v) is 12.9. The van der Waals surface area contributed by atoms with Gasteiger partial charge in [-0.2, -0.15) is 0 Å². The molecule has 2 unspecified atom stereocenters. The van der Waals surface area contributed by atoms with Gasteiger partial charge in [0, 0.05) is 24.0 Å². The van der Waals surface area contributed by atoms with Gasteiger partial charge in [-0.3, -0.25) is 4.90 Å². The zero-order valence-electron chi connectivity index (χ0n) is 12.1. The molecule has 2 N–H and O–H groups in total. The summed E-state index contributed by atoms with van der Waals surface area (Å²) in [5.41, 5.74) is 5.79. The van der Waals surface area contributed by atoms with Gasteiger partial charge >= 0.3 is 0 Å². The topological polar surface area (TPSA) is 29.3 Å². The van der Waals surface area contributed by atoms with Crippen molar-refractivity contribution in [3.63, 3.8) is 0 Å². The molecular formula is C15H28N2S. The van der Waals surface area contributed by atoms with E-state index in [1.807, 2.05) is 11.3 Å². The molecule has 0 fully saturated rings. The normalized spacial score (nSPS) is 14.9.